The molecule has 1 unspecified atom stereocenters. The Morgan fingerprint density at radius 3 is 3.09 bits per heavy atom. The largest absolute Gasteiger partial charge is 0.464 e. The summed E-state index contributed by atoms with van der Waals surface area (Å²) in [5.41, 5.74) is 0. The Morgan fingerprint density at radius 1 is 1.91 bits per heavy atom. The van der Waals surface area contributed by atoms with E-state index < -0.39 is 0 Å². The standard InChI is InChI=1S/C7H11NO2S/c1-3-10-7(9)6-4-11-5(2)8-6/h6H,3-4H2,1-2H3. The Kier molecular flexibility index (Phi) is 2.93. The van der Waals surface area contributed by atoms with Gasteiger partial charge in [-0.1, -0.05) is 0 Å². The first-order valence-electron chi connectivity index (χ1n) is 3.58. The van der Waals surface area contributed by atoms with Gasteiger partial charge in [-0.3, -0.25) is 4.99 Å². The van der Waals surface area contributed by atoms with Gasteiger partial charge in [0.15, 0.2) is 6.04 Å². The van der Waals surface area contributed by atoms with Crippen LogP contribution in [0.2, 0.25) is 0 Å². The van der Waals surface area contributed by atoms with Gasteiger partial charge in [0.05, 0.1) is 11.7 Å². The summed E-state index contributed by atoms with van der Waals surface area (Å²) in [5, 5.41) is 0.975. The van der Waals surface area contributed by atoms with E-state index in [9.17, 15) is 4.79 Å². The first-order chi connectivity index (χ1) is 5.24. The number of carbonyl (C=O) groups excluding carboxylic acids is 1. The topological polar surface area (TPSA) is 38.7 Å². The molecule has 0 amide bonds. The fraction of sp³-hybridized carbons (Fsp3) is 0.714. The molecule has 1 atom stereocenters. The van der Waals surface area contributed by atoms with Crippen LogP contribution in [0.15, 0.2) is 4.99 Å². The number of aliphatic imine (C=N–C) groups is 1. The number of carbonyl (C=O) groups is 1. The molecule has 0 saturated carbocycles. The SMILES string of the molecule is CCOC(=O)C1CSC(C)=N1. The van der Waals surface area contributed by atoms with Crippen LogP contribution in [0, 0.1) is 0 Å². The number of ether oxygens (including phenoxy) is 1. The molecule has 0 N–H and O–H groups in total. The Balaban J connectivity index is 2.43. The molecule has 11 heavy (non-hydrogen) atoms. The lowest BCUT2D eigenvalue weighted by molar-refractivity contribution is -0.143. The average Bonchev–Trinajstić information content (AvgIpc) is 2.36. The van der Waals surface area contributed by atoms with Crippen molar-refractivity contribution in [2.45, 2.75) is 19.9 Å². The quantitative estimate of drug-likeness (QED) is 0.586. The molecule has 1 aliphatic rings. The summed E-state index contributed by atoms with van der Waals surface area (Å²) in [4.78, 5) is 15.2. The zero-order valence-corrected chi connectivity index (χ0v) is 7.48. The van der Waals surface area contributed by atoms with Gasteiger partial charge in [-0.05, 0) is 13.8 Å². The molecule has 1 heterocycles. The maximum Gasteiger partial charge on any atom is 0.331 e. The second kappa shape index (κ2) is 3.76. The van der Waals surface area contributed by atoms with Crippen LogP contribution in [0.3, 0.4) is 0 Å². The molecule has 0 radical (unpaired) electrons. The molecule has 0 aromatic carbocycles. The van der Waals surface area contributed by atoms with Crippen LogP contribution >= 0.6 is 11.8 Å². The molecule has 0 spiro atoms. The van der Waals surface area contributed by atoms with Crippen molar-refractivity contribution in [3.63, 3.8) is 0 Å². The van der Waals surface area contributed by atoms with Gasteiger partial charge in [0.2, 0.25) is 0 Å². The monoisotopic (exact) mass is 173 g/mol. The first-order valence-corrected chi connectivity index (χ1v) is 4.56. The minimum atomic E-state index is -0.250. The Hall–Kier alpha value is -0.510. The molecule has 0 fully saturated rings. The molecule has 1 rings (SSSR count). The van der Waals surface area contributed by atoms with E-state index in [-0.39, 0.29) is 12.0 Å². The van der Waals surface area contributed by atoms with Crippen LogP contribution in [0.1, 0.15) is 13.8 Å². The zero-order valence-electron chi connectivity index (χ0n) is 6.66. The second-order valence-electron chi connectivity index (χ2n) is 2.23. The molecule has 0 aromatic heterocycles. The molecule has 3 nitrogen and oxygen atoms in total. The fourth-order valence-corrected chi connectivity index (χ4v) is 1.66. The number of hydrogen-bond acceptors (Lipinski definition) is 4. The van der Waals surface area contributed by atoms with Gasteiger partial charge in [-0.25, -0.2) is 4.79 Å². The van der Waals surface area contributed by atoms with E-state index in [1.807, 2.05) is 6.92 Å². The summed E-state index contributed by atoms with van der Waals surface area (Å²) < 4.78 is 4.81. The van der Waals surface area contributed by atoms with E-state index in [4.69, 9.17) is 4.74 Å². The van der Waals surface area contributed by atoms with Crippen molar-refractivity contribution in [1.29, 1.82) is 0 Å². The minimum Gasteiger partial charge on any atom is -0.464 e. The molecular weight excluding hydrogens is 162 g/mol. The van der Waals surface area contributed by atoms with Crippen molar-refractivity contribution >= 4 is 22.8 Å². The first kappa shape index (κ1) is 8.59. The lowest BCUT2D eigenvalue weighted by Crippen LogP contribution is -2.21. The van der Waals surface area contributed by atoms with E-state index >= 15 is 0 Å². The highest BCUT2D eigenvalue weighted by molar-refractivity contribution is 8.14. The van der Waals surface area contributed by atoms with Crippen molar-refractivity contribution in [2.24, 2.45) is 4.99 Å². The predicted octanol–water partition coefficient (Wildman–Crippen LogP) is 1.08. The lowest BCUT2D eigenvalue weighted by Gasteiger charge is -2.03. The van der Waals surface area contributed by atoms with Crippen LogP contribution in [-0.4, -0.2) is 29.4 Å². The second-order valence-corrected chi connectivity index (χ2v) is 3.44. The number of nitrogens with zero attached hydrogens (tertiary/aromatic N) is 1. The third-order valence-corrected chi connectivity index (χ3v) is 2.35. The van der Waals surface area contributed by atoms with E-state index in [1.54, 1.807) is 18.7 Å². The van der Waals surface area contributed by atoms with E-state index in [1.165, 1.54) is 0 Å². The third-order valence-electron chi connectivity index (χ3n) is 1.35. The van der Waals surface area contributed by atoms with Gasteiger partial charge in [0, 0.05) is 5.75 Å². The molecular formula is C7H11NO2S. The smallest absolute Gasteiger partial charge is 0.331 e. The highest BCUT2D eigenvalue weighted by Crippen LogP contribution is 2.18. The molecule has 0 bridgehead atoms. The Morgan fingerprint density at radius 2 is 2.64 bits per heavy atom. The van der Waals surface area contributed by atoms with E-state index in [2.05, 4.69) is 4.99 Å². The minimum absolute atomic E-state index is 0.197. The highest BCUT2D eigenvalue weighted by Gasteiger charge is 2.23. The van der Waals surface area contributed by atoms with Gasteiger partial charge in [0.25, 0.3) is 0 Å². The maximum atomic E-state index is 11.0. The van der Waals surface area contributed by atoms with Gasteiger partial charge in [0.1, 0.15) is 0 Å². The van der Waals surface area contributed by atoms with E-state index in [0.717, 1.165) is 10.8 Å². The Bertz CT molecular complexity index is 191. The molecule has 4 heteroatoms. The third kappa shape index (κ3) is 2.22. The summed E-state index contributed by atoms with van der Waals surface area (Å²) in [6.45, 7) is 4.15. The number of rotatable bonds is 2. The van der Waals surface area contributed by atoms with Crippen molar-refractivity contribution in [3.05, 3.63) is 0 Å². The number of hydrogen-bond donors (Lipinski definition) is 0. The fourth-order valence-electron chi connectivity index (χ4n) is 0.853. The summed E-state index contributed by atoms with van der Waals surface area (Å²) in [6.07, 6.45) is 0. The van der Waals surface area contributed by atoms with Crippen LogP contribution in [-0.2, 0) is 9.53 Å². The maximum absolute atomic E-state index is 11.0. The predicted molar refractivity (Wildman–Crippen MR) is 46.0 cm³/mol. The van der Waals surface area contributed by atoms with Crippen molar-refractivity contribution in [2.75, 3.05) is 12.4 Å². The molecule has 0 aromatic rings. The van der Waals surface area contributed by atoms with Gasteiger partial charge in [-0.15, -0.1) is 11.8 Å². The zero-order chi connectivity index (χ0) is 8.27. The molecule has 62 valence electrons. The summed E-state index contributed by atoms with van der Waals surface area (Å²) in [7, 11) is 0. The highest BCUT2D eigenvalue weighted by atomic mass is 32.2. The Labute approximate surface area is 70.2 Å². The number of thioether (sulfide) groups is 1. The van der Waals surface area contributed by atoms with Gasteiger partial charge < -0.3 is 4.74 Å². The van der Waals surface area contributed by atoms with Crippen molar-refractivity contribution in [3.8, 4) is 0 Å². The van der Waals surface area contributed by atoms with Crippen LogP contribution in [0.5, 0.6) is 0 Å². The van der Waals surface area contributed by atoms with E-state index in [0.29, 0.717) is 6.61 Å². The molecule has 0 aliphatic carbocycles. The summed E-state index contributed by atoms with van der Waals surface area (Å²) in [6, 6.07) is -0.250. The van der Waals surface area contributed by atoms with Gasteiger partial charge >= 0.3 is 5.97 Å². The number of esters is 1. The lowest BCUT2D eigenvalue weighted by atomic mass is 10.4. The molecule has 1 aliphatic heterocycles. The van der Waals surface area contributed by atoms with Crippen LogP contribution in [0.25, 0.3) is 0 Å². The van der Waals surface area contributed by atoms with Crippen molar-refractivity contribution < 1.29 is 9.53 Å². The summed E-state index contributed by atoms with van der Waals surface area (Å²) in [5.74, 6) is 0.543. The summed E-state index contributed by atoms with van der Waals surface area (Å²) >= 11 is 1.61. The van der Waals surface area contributed by atoms with Crippen LogP contribution in [0.4, 0.5) is 0 Å². The van der Waals surface area contributed by atoms with Crippen LogP contribution < -0.4 is 0 Å². The molecule has 0 saturated heterocycles. The average molecular weight is 173 g/mol. The normalized spacial score (nSPS) is 23.1. The van der Waals surface area contributed by atoms with Crippen molar-refractivity contribution in [1.82, 2.24) is 0 Å². The van der Waals surface area contributed by atoms with Gasteiger partial charge in [-0.2, -0.15) is 0 Å².